The van der Waals surface area contributed by atoms with E-state index in [2.05, 4.69) is 25.9 Å². The van der Waals surface area contributed by atoms with Crippen molar-refractivity contribution in [3.63, 3.8) is 0 Å². The number of aromatic nitrogens is 3. The standard InChI is InChI=1S/C8H9BrN4/c9-7-6(2-3-10)13-5-1-4-11-8(13)12-7/h1,4-5H,2-3,10H2. The first-order valence-electron chi connectivity index (χ1n) is 4.00. The van der Waals surface area contributed by atoms with Crippen LogP contribution in [-0.2, 0) is 6.42 Å². The van der Waals surface area contributed by atoms with Gasteiger partial charge in [-0.3, -0.25) is 4.40 Å². The van der Waals surface area contributed by atoms with E-state index in [-0.39, 0.29) is 0 Å². The zero-order valence-electron chi connectivity index (χ0n) is 6.94. The SMILES string of the molecule is NCCc1c(Br)nc2ncccn12. The Labute approximate surface area is 83.9 Å². The maximum Gasteiger partial charge on any atom is 0.235 e. The number of nitrogens with zero attached hydrogens (tertiary/aromatic N) is 3. The minimum atomic E-state index is 0.612. The van der Waals surface area contributed by atoms with E-state index in [4.69, 9.17) is 5.73 Å². The highest BCUT2D eigenvalue weighted by atomic mass is 79.9. The summed E-state index contributed by atoms with van der Waals surface area (Å²) in [7, 11) is 0. The second-order valence-corrected chi connectivity index (χ2v) is 3.43. The van der Waals surface area contributed by atoms with Gasteiger partial charge in [0, 0.05) is 18.8 Å². The largest absolute Gasteiger partial charge is 0.330 e. The molecule has 0 aliphatic heterocycles. The molecule has 2 aromatic rings. The van der Waals surface area contributed by atoms with E-state index in [0.717, 1.165) is 16.7 Å². The van der Waals surface area contributed by atoms with Crippen LogP contribution in [0, 0.1) is 0 Å². The summed E-state index contributed by atoms with van der Waals surface area (Å²) in [4.78, 5) is 8.37. The number of rotatable bonds is 2. The van der Waals surface area contributed by atoms with E-state index in [1.165, 1.54) is 0 Å². The summed E-state index contributed by atoms with van der Waals surface area (Å²) in [5.74, 6) is 0.706. The molecule has 2 heterocycles. The summed E-state index contributed by atoms with van der Waals surface area (Å²) in [6.07, 6.45) is 4.46. The van der Waals surface area contributed by atoms with Crippen molar-refractivity contribution < 1.29 is 0 Å². The van der Waals surface area contributed by atoms with E-state index >= 15 is 0 Å². The molecule has 0 spiro atoms. The van der Waals surface area contributed by atoms with Gasteiger partial charge in [0.15, 0.2) is 0 Å². The van der Waals surface area contributed by atoms with E-state index in [9.17, 15) is 0 Å². The number of hydrogen-bond acceptors (Lipinski definition) is 3. The first-order chi connectivity index (χ1) is 6.33. The third-order valence-corrected chi connectivity index (χ3v) is 2.47. The number of imidazole rings is 1. The summed E-state index contributed by atoms with van der Waals surface area (Å²) < 4.78 is 2.77. The maximum absolute atomic E-state index is 5.50. The average Bonchev–Trinajstić information content (AvgIpc) is 2.44. The highest BCUT2D eigenvalue weighted by Crippen LogP contribution is 2.16. The predicted molar refractivity (Wildman–Crippen MR) is 53.4 cm³/mol. The van der Waals surface area contributed by atoms with Gasteiger partial charge in [0.05, 0.1) is 5.69 Å². The second-order valence-electron chi connectivity index (χ2n) is 2.68. The number of hydrogen-bond donors (Lipinski definition) is 1. The fourth-order valence-electron chi connectivity index (χ4n) is 1.27. The van der Waals surface area contributed by atoms with Crippen molar-refractivity contribution in [2.24, 2.45) is 5.73 Å². The Morgan fingerprint density at radius 1 is 1.54 bits per heavy atom. The highest BCUT2D eigenvalue weighted by Gasteiger charge is 2.08. The molecule has 0 unspecified atom stereocenters. The Kier molecular flexibility index (Phi) is 2.28. The Hall–Kier alpha value is -0.940. The van der Waals surface area contributed by atoms with Crippen LogP contribution in [0.5, 0.6) is 0 Å². The van der Waals surface area contributed by atoms with Crippen LogP contribution >= 0.6 is 15.9 Å². The molecule has 2 rings (SSSR count). The molecule has 0 saturated carbocycles. The second kappa shape index (κ2) is 3.43. The number of nitrogens with two attached hydrogens (primary N) is 1. The van der Waals surface area contributed by atoms with Gasteiger partial charge in [0.1, 0.15) is 4.60 Å². The molecule has 2 N–H and O–H groups in total. The summed E-state index contributed by atoms with van der Waals surface area (Å²) in [5, 5.41) is 0. The summed E-state index contributed by atoms with van der Waals surface area (Å²) in [6, 6.07) is 1.88. The molecule has 0 radical (unpaired) electrons. The smallest absolute Gasteiger partial charge is 0.235 e. The first-order valence-corrected chi connectivity index (χ1v) is 4.79. The Bertz CT molecular complexity index is 423. The van der Waals surface area contributed by atoms with E-state index in [0.29, 0.717) is 12.3 Å². The molecular weight excluding hydrogens is 232 g/mol. The number of fused-ring (bicyclic) bond motifs is 1. The molecule has 4 nitrogen and oxygen atoms in total. The Morgan fingerprint density at radius 2 is 2.38 bits per heavy atom. The van der Waals surface area contributed by atoms with Crippen molar-refractivity contribution in [1.29, 1.82) is 0 Å². The molecule has 2 aromatic heterocycles. The van der Waals surface area contributed by atoms with Crippen molar-refractivity contribution in [1.82, 2.24) is 14.4 Å². The Balaban J connectivity index is 2.64. The molecule has 0 aliphatic carbocycles. The van der Waals surface area contributed by atoms with Crippen LogP contribution in [0.15, 0.2) is 23.1 Å². The molecule has 5 heteroatoms. The molecule has 0 atom stereocenters. The van der Waals surface area contributed by atoms with Crippen molar-refractivity contribution in [2.75, 3.05) is 6.54 Å². The lowest BCUT2D eigenvalue weighted by molar-refractivity contribution is 0.893. The molecule has 0 aliphatic rings. The van der Waals surface area contributed by atoms with Crippen molar-refractivity contribution in [3.8, 4) is 0 Å². The van der Waals surface area contributed by atoms with E-state index < -0.39 is 0 Å². The molecule has 0 bridgehead atoms. The molecule has 68 valence electrons. The van der Waals surface area contributed by atoms with Gasteiger partial charge < -0.3 is 5.73 Å². The fraction of sp³-hybridized carbons (Fsp3) is 0.250. The summed E-state index contributed by atoms with van der Waals surface area (Å²) in [6.45, 7) is 0.612. The van der Waals surface area contributed by atoms with Gasteiger partial charge in [-0.15, -0.1) is 0 Å². The van der Waals surface area contributed by atoms with E-state index in [1.54, 1.807) is 6.20 Å². The molecule has 0 amide bonds. The normalized spacial score (nSPS) is 10.9. The molecule has 0 saturated heterocycles. The van der Waals surface area contributed by atoms with Gasteiger partial charge in [-0.25, -0.2) is 9.97 Å². The predicted octanol–water partition coefficient (Wildman–Crippen LogP) is 0.993. The van der Waals surface area contributed by atoms with Crippen LogP contribution in [0.3, 0.4) is 0 Å². The lowest BCUT2D eigenvalue weighted by Crippen LogP contribution is -2.05. The van der Waals surface area contributed by atoms with Crippen molar-refractivity contribution in [2.45, 2.75) is 6.42 Å². The Morgan fingerprint density at radius 3 is 3.15 bits per heavy atom. The van der Waals surface area contributed by atoms with Crippen LogP contribution in [0.1, 0.15) is 5.69 Å². The zero-order valence-corrected chi connectivity index (χ0v) is 8.53. The molecule has 13 heavy (non-hydrogen) atoms. The lowest BCUT2D eigenvalue weighted by Gasteiger charge is -1.97. The minimum Gasteiger partial charge on any atom is -0.330 e. The lowest BCUT2D eigenvalue weighted by atomic mass is 10.3. The molecular formula is C8H9BrN4. The summed E-state index contributed by atoms with van der Waals surface area (Å²) in [5.41, 5.74) is 6.57. The maximum atomic E-state index is 5.50. The minimum absolute atomic E-state index is 0.612. The van der Waals surface area contributed by atoms with Crippen LogP contribution in [0.4, 0.5) is 0 Å². The van der Waals surface area contributed by atoms with Crippen molar-refractivity contribution >= 4 is 21.7 Å². The summed E-state index contributed by atoms with van der Waals surface area (Å²) >= 11 is 3.38. The third kappa shape index (κ3) is 1.45. The number of halogens is 1. The van der Waals surface area contributed by atoms with Crippen LogP contribution in [0.25, 0.3) is 5.78 Å². The van der Waals surface area contributed by atoms with Gasteiger partial charge in [-0.05, 0) is 28.5 Å². The topological polar surface area (TPSA) is 56.2 Å². The first kappa shape index (κ1) is 8.65. The van der Waals surface area contributed by atoms with Gasteiger partial charge in [-0.1, -0.05) is 0 Å². The van der Waals surface area contributed by atoms with Crippen LogP contribution in [-0.4, -0.2) is 20.9 Å². The van der Waals surface area contributed by atoms with Gasteiger partial charge in [-0.2, -0.15) is 0 Å². The monoisotopic (exact) mass is 240 g/mol. The molecule has 0 aromatic carbocycles. The quantitative estimate of drug-likeness (QED) is 0.853. The van der Waals surface area contributed by atoms with Crippen LogP contribution in [0.2, 0.25) is 0 Å². The van der Waals surface area contributed by atoms with Gasteiger partial charge in [0.2, 0.25) is 5.78 Å². The van der Waals surface area contributed by atoms with Gasteiger partial charge in [0.25, 0.3) is 0 Å². The van der Waals surface area contributed by atoms with Gasteiger partial charge >= 0.3 is 0 Å². The van der Waals surface area contributed by atoms with E-state index in [1.807, 2.05) is 16.7 Å². The highest BCUT2D eigenvalue weighted by molar-refractivity contribution is 9.10. The molecule has 0 fully saturated rings. The third-order valence-electron chi connectivity index (χ3n) is 1.83. The van der Waals surface area contributed by atoms with Crippen LogP contribution < -0.4 is 5.73 Å². The average molecular weight is 241 g/mol. The van der Waals surface area contributed by atoms with Crippen molar-refractivity contribution in [3.05, 3.63) is 28.8 Å². The fourth-order valence-corrected chi connectivity index (χ4v) is 1.82. The zero-order chi connectivity index (χ0) is 9.26.